The van der Waals surface area contributed by atoms with Gasteiger partial charge in [0.2, 0.25) is 0 Å². The van der Waals surface area contributed by atoms with Gasteiger partial charge in [-0.25, -0.2) is 4.68 Å². The molecule has 2 heterocycles. The number of nitrogens with zero attached hydrogens (tertiary/aromatic N) is 5. The van der Waals surface area contributed by atoms with Crippen molar-refractivity contribution in [3.63, 3.8) is 0 Å². The molecule has 1 N–H and O–H groups in total. The molecule has 2 aliphatic carbocycles. The molecule has 2 fully saturated rings. The molecule has 2 aromatic heterocycles. The van der Waals surface area contributed by atoms with E-state index in [9.17, 15) is 4.79 Å². The van der Waals surface area contributed by atoms with Crippen LogP contribution in [0.25, 0.3) is 10.9 Å². The molecule has 1 aromatic carbocycles. The van der Waals surface area contributed by atoms with E-state index in [-0.39, 0.29) is 11.6 Å². The lowest BCUT2D eigenvalue weighted by Gasteiger charge is -2.36. The van der Waals surface area contributed by atoms with Crippen LogP contribution in [0.15, 0.2) is 29.1 Å². The van der Waals surface area contributed by atoms with Crippen LogP contribution in [0, 0.1) is 6.92 Å². The van der Waals surface area contributed by atoms with E-state index >= 15 is 0 Å². The van der Waals surface area contributed by atoms with Crippen LogP contribution >= 0.6 is 0 Å². The smallest absolute Gasteiger partial charge is 0.252 e. The van der Waals surface area contributed by atoms with Crippen molar-refractivity contribution in [2.75, 3.05) is 0 Å². The van der Waals surface area contributed by atoms with Gasteiger partial charge in [0.1, 0.15) is 0 Å². The zero-order valence-corrected chi connectivity index (χ0v) is 20.7. The number of hydrogen-bond donors (Lipinski definition) is 1. The molecule has 0 bridgehead atoms. The lowest BCUT2D eigenvalue weighted by Crippen LogP contribution is -2.39. The van der Waals surface area contributed by atoms with Crippen LogP contribution in [0.1, 0.15) is 107 Å². The summed E-state index contributed by atoms with van der Waals surface area (Å²) in [7, 11) is 0. The SMILES string of the molecule is CCC[C@H](c1nnnn1C1CCCCC1)N(Cc1cc2cccc(C)c2[nH]c1=O)C1CCCC1. The van der Waals surface area contributed by atoms with Gasteiger partial charge in [-0.1, -0.05) is 63.6 Å². The van der Waals surface area contributed by atoms with Crippen LogP contribution < -0.4 is 5.56 Å². The third-order valence-corrected chi connectivity index (χ3v) is 8.01. The third kappa shape index (κ3) is 4.67. The molecule has 182 valence electrons. The van der Waals surface area contributed by atoms with Crippen molar-refractivity contribution in [2.24, 2.45) is 0 Å². The molecule has 0 spiro atoms. The average molecular weight is 463 g/mol. The van der Waals surface area contributed by atoms with E-state index in [1.54, 1.807) is 0 Å². The second kappa shape index (κ2) is 10.4. The summed E-state index contributed by atoms with van der Waals surface area (Å²) in [5.41, 5.74) is 2.90. The average Bonchev–Trinajstić information content (AvgIpc) is 3.55. The first-order valence-corrected chi connectivity index (χ1v) is 13.3. The summed E-state index contributed by atoms with van der Waals surface area (Å²) in [5.74, 6) is 0.994. The van der Waals surface area contributed by atoms with Gasteiger partial charge in [0.25, 0.3) is 5.56 Å². The van der Waals surface area contributed by atoms with Crippen LogP contribution in [0.3, 0.4) is 0 Å². The summed E-state index contributed by atoms with van der Waals surface area (Å²) in [6.45, 7) is 4.91. The van der Waals surface area contributed by atoms with Crippen LogP contribution in [-0.4, -0.2) is 36.1 Å². The molecule has 3 aromatic rings. The Labute approximate surface area is 201 Å². The maximum Gasteiger partial charge on any atom is 0.252 e. The molecule has 1 atom stereocenters. The van der Waals surface area contributed by atoms with Gasteiger partial charge >= 0.3 is 0 Å². The number of pyridine rings is 1. The fraction of sp³-hybridized carbons (Fsp3) is 0.630. The number of para-hydroxylation sites is 1. The van der Waals surface area contributed by atoms with E-state index in [1.807, 2.05) is 13.0 Å². The number of aromatic nitrogens is 5. The second-order valence-corrected chi connectivity index (χ2v) is 10.4. The van der Waals surface area contributed by atoms with Gasteiger partial charge in [0.05, 0.1) is 17.6 Å². The van der Waals surface area contributed by atoms with E-state index in [1.165, 1.54) is 44.9 Å². The van der Waals surface area contributed by atoms with Crippen molar-refractivity contribution < 1.29 is 0 Å². The Bertz CT molecular complexity index is 1160. The molecule has 5 rings (SSSR count). The topological polar surface area (TPSA) is 79.7 Å². The van der Waals surface area contributed by atoms with Crippen LogP contribution in [0.2, 0.25) is 0 Å². The minimum absolute atomic E-state index is 0.0203. The highest BCUT2D eigenvalue weighted by molar-refractivity contribution is 5.81. The first kappa shape index (κ1) is 23.2. The molecule has 0 amide bonds. The molecule has 0 unspecified atom stereocenters. The summed E-state index contributed by atoms with van der Waals surface area (Å²) in [6.07, 6.45) is 13.0. The standard InChI is InChI=1S/C27H38N6O/c1-3-10-24(26-29-30-31-33(26)23-15-5-4-6-16-23)32(22-13-7-8-14-22)18-21-17-20-12-9-11-19(2)25(20)28-27(21)34/h9,11-12,17,22-24H,3-8,10,13-16,18H2,1-2H3,(H,28,34)/t24-/m1/s1. The van der Waals surface area contributed by atoms with E-state index in [4.69, 9.17) is 0 Å². The number of nitrogens with one attached hydrogen (secondary N) is 1. The zero-order chi connectivity index (χ0) is 23.5. The predicted octanol–water partition coefficient (Wildman–Crippen LogP) is 5.61. The Morgan fingerprint density at radius 1 is 1.12 bits per heavy atom. The Balaban J connectivity index is 1.52. The number of H-pyrrole nitrogens is 1. The van der Waals surface area contributed by atoms with Gasteiger partial charge in [-0.2, -0.15) is 0 Å². The quantitative estimate of drug-likeness (QED) is 0.470. The predicted molar refractivity (Wildman–Crippen MR) is 135 cm³/mol. The maximum atomic E-state index is 13.2. The van der Waals surface area contributed by atoms with Crippen molar-refractivity contribution in [3.8, 4) is 0 Å². The highest BCUT2D eigenvalue weighted by Crippen LogP contribution is 2.36. The van der Waals surface area contributed by atoms with Crippen molar-refractivity contribution in [3.05, 3.63) is 51.6 Å². The largest absolute Gasteiger partial charge is 0.321 e. The van der Waals surface area contributed by atoms with Crippen molar-refractivity contribution >= 4 is 10.9 Å². The van der Waals surface area contributed by atoms with Gasteiger partial charge < -0.3 is 4.98 Å². The Hall–Kier alpha value is -2.54. The maximum absolute atomic E-state index is 13.2. The van der Waals surface area contributed by atoms with Crippen LogP contribution in [-0.2, 0) is 6.54 Å². The second-order valence-electron chi connectivity index (χ2n) is 10.4. The molecule has 7 heteroatoms. The molecular formula is C27H38N6O. The molecule has 7 nitrogen and oxygen atoms in total. The lowest BCUT2D eigenvalue weighted by molar-refractivity contribution is 0.105. The number of fused-ring (bicyclic) bond motifs is 1. The summed E-state index contributed by atoms with van der Waals surface area (Å²) < 4.78 is 2.13. The molecular weight excluding hydrogens is 424 g/mol. The summed E-state index contributed by atoms with van der Waals surface area (Å²) in [4.78, 5) is 18.9. The number of hydrogen-bond acceptors (Lipinski definition) is 5. The monoisotopic (exact) mass is 462 g/mol. The fourth-order valence-corrected chi connectivity index (χ4v) is 6.19. The molecule has 34 heavy (non-hydrogen) atoms. The van der Waals surface area contributed by atoms with Crippen molar-refractivity contribution in [1.29, 1.82) is 0 Å². The van der Waals surface area contributed by atoms with Gasteiger partial charge in [-0.05, 0) is 66.5 Å². The molecule has 0 radical (unpaired) electrons. The summed E-state index contributed by atoms with van der Waals surface area (Å²) in [6, 6.07) is 9.28. The van der Waals surface area contributed by atoms with Gasteiger partial charge in [0.15, 0.2) is 5.82 Å². The van der Waals surface area contributed by atoms with E-state index < -0.39 is 0 Å². The third-order valence-electron chi connectivity index (χ3n) is 8.01. The fourth-order valence-electron chi connectivity index (χ4n) is 6.19. The van der Waals surface area contributed by atoms with Crippen LogP contribution in [0.5, 0.6) is 0 Å². The van der Waals surface area contributed by atoms with Gasteiger partial charge in [0, 0.05) is 18.2 Å². The highest BCUT2D eigenvalue weighted by atomic mass is 16.1. The summed E-state index contributed by atoms with van der Waals surface area (Å²) in [5, 5.41) is 14.3. The Kier molecular flexibility index (Phi) is 7.09. The molecule has 0 aliphatic heterocycles. The minimum Gasteiger partial charge on any atom is -0.321 e. The Morgan fingerprint density at radius 2 is 1.88 bits per heavy atom. The number of aromatic amines is 1. The number of rotatable bonds is 8. The summed E-state index contributed by atoms with van der Waals surface area (Å²) >= 11 is 0. The number of aryl methyl sites for hydroxylation is 1. The minimum atomic E-state index is 0.0203. The van der Waals surface area contributed by atoms with Gasteiger partial charge in [-0.3, -0.25) is 9.69 Å². The Morgan fingerprint density at radius 3 is 2.65 bits per heavy atom. The van der Waals surface area contributed by atoms with Crippen molar-refractivity contribution in [1.82, 2.24) is 30.1 Å². The van der Waals surface area contributed by atoms with Crippen molar-refractivity contribution in [2.45, 2.75) is 109 Å². The first-order valence-electron chi connectivity index (χ1n) is 13.3. The number of tetrazole rings is 1. The number of benzene rings is 1. The first-order chi connectivity index (χ1) is 16.7. The highest BCUT2D eigenvalue weighted by Gasteiger charge is 2.34. The van der Waals surface area contributed by atoms with Gasteiger partial charge in [-0.15, -0.1) is 5.10 Å². The normalized spacial score (nSPS) is 18.8. The molecule has 2 aliphatic rings. The molecule has 2 saturated carbocycles. The molecule has 0 saturated heterocycles. The zero-order valence-electron chi connectivity index (χ0n) is 20.7. The van der Waals surface area contributed by atoms with E-state index in [2.05, 4.69) is 55.2 Å². The van der Waals surface area contributed by atoms with E-state index in [0.29, 0.717) is 18.6 Å². The lowest BCUT2D eigenvalue weighted by atomic mass is 9.95. The van der Waals surface area contributed by atoms with E-state index in [0.717, 1.165) is 53.5 Å². The van der Waals surface area contributed by atoms with Crippen LogP contribution in [0.4, 0.5) is 0 Å².